The number of ether oxygens (including phenoxy) is 2. The van der Waals surface area contributed by atoms with Gasteiger partial charge in [-0.05, 0) is 62.2 Å². The number of hydrogen-bond donors (Lipinski definition) is 1. The summed E-state index contributed by atoms with van der Waals surface area (Å²) in [5, 5.41) is 15.2. The number of benzene rings is 2. The first kappa shape index (κ1) is 23.8. The number of aryl methyl sites for hydroxylation is 1. The van der Waals surface area contributed by atoms with Gasteiger partial charge < -0.3 is 14.6 Å². The topological polar surface area (TPSA) is 59.8 Å². The number of aliphatic hydroxyl groups excluding tert-OH is 1. The summed E-state index contributed by atoms with van der Waals surface area (Å²) in [7, 11) is 1.65. The van der Waals surface area contributed by atoms with Crippen LogP contribution in [0.2, 0.25) is 0 Å². The zero-order valence-corrected chi connectivity index (χ0v) is 19.6. The van der Waals surface area contributed by atoms with Crippen LogP contribution in [-0.4, -0.2) is 46.1 Å². The minimum atomic E-state index is -0.346. The molecule has 0 unspecified atom stereocenters. The summed E-state index contributed by atoms with van der Waals surface area (Å²) in [6.45, 7) is 8.49. The molecule has 1 atom stereocenters. The summed E-state index contributed by atoms with van der Waals surface area (Å²) in [6.07, 6.45) is 2.20. The van der Waals surface area contributed by atoms with E-state index in [2.05, 4.69) is 18.7 Å². The van der Waals surface area contributed by atoms with Gasteiger partial charge in [0.25, 0.3) is 0 Å². The van der Waals surface area contributed by atoms with Gasteiger partial charge in [-0.2, -0.15) is 5.10 Å². The van der Waals surface area contributed by atoms with Crippen molar-refractivity contribution in [1.29, 1.82) is 0 Å². The van der Waals surface area contributed by atoms with Crippen molar-refractivity contribution < 1.29 is 14.6 Å². The van der Waals surface area contributed by atoms with Crippen molar-refractivity contribution in [3.05, 3.63) is 65.9 Å². The molecule has 6 heteroatoms. The van der Waals surface area contributed by atoms with Crippen molar-refractivity contribution in [2.75, 3.05) is 20.2 Å². The number of aliphatic hydroxyl groups is 1. The van der Waals surface area contributed by atoms with Crippen LogP contribution in [0.5, 0.6) is 17.4 Å². The van der Waals surface area contributed by atoms with Crippen molar-refractivity contribution in [3.63, 3.8) is 0 Å². The quantitative estimate of drug-likeness (QED) is 0.421. The second-order valence-corrected chi connectivity index (χ2v) is 7.91. The summed E-state index contributed by atoms with van der Waals surface area (Å²) in [5.74, 6) is 2.22. The minimum Gasteiger partial charge on any atom is -0.497 e. The zero-order valence-electron chi connectivity index (χ0n) is 19.6. The van der Waals surface area contributed by atoms with Crippen LogP contribution in [0, 0.1) is 0 Å². The molecule has 3 rings (SSSR count). The van der Waals surface area contributed by atoms with Crippen LogP contribution in [0.4, 0.5) is 0 Å². The number of hydrogen-bond acceptors (Lipinski definition) is 5. The van der Waals surface area contributed by atoms with E-state index < -0.39 is 0 Å². The highest BCUT2D eigenvalue weighted by atomic mass is 16.5. The predicted octanol–water partition coefficient (Wildman–Crippen LogP) is 5.22. The molecule has 0 saturated carbocycles. The van der Waals surface area contributed by atoms with Gasteiger partial charge in [0.2, 0.25) is 5.88 Å². The van der Waals surface area contributed by atoms with Crippen LogP contribution in [-0.2, 0) is 13.0 Å². The second kappa shape index (κ2) is 11.7. The smallest absolute Gasteiger partial charge is 0.227 e. The van der Waals surface area contributed by atoms with Gasteiger partial charge in [0, 0.05) is 13.1 Å². The maximum atomic E-state index is 10.3. The molecule has 1 aromatic heterocycles. The largest absolute Gasteiger partial charge is 0.497 e. The second-order valence-electron chi connectivity index (χ2n) is 7.91. The van der Waals surface area contributed by atoms with E-state index in [0.717, 1.165) is 54.3 Å². The zero-order chi connectivity index (χ0) is 22.9. The Morgan fingerprint density at radius 3 is 2.28 bits per heavy atom. The lowest BCUT2D eigenvalue weighted by Gasteiger charge is -2.24. The lowest BCUT2D eigenvalue weighted by Crippen LogP contribution is -2.32. The van der Waals surface area contributed by atoms with Crippen LogP contribution in [0.15, 0.2) is 54.6 Å². The standard InChI is InChI=1S/C26H35N3O3/c1-5-17-28(18-21(30)6-2)19-24-25(7-3)27-29(20-11-9-8-10-12-20)26(24)32-23-15-13-22(31-4)14-16-23/h8-16,21,30H,5-7,17-19H2,1-4H3/t21-/m0/s1. The molecule has 0 spiro atoms. The highest BCUT2D eigenvalue weighted by molar-refractivity contribution is 5.44. The highest BCUT2D eigenvalue weighted by Gasteiger charge is 2.23. The third kappa shape index (κ3) is 5.90. The molecule has 0 saturated heterocycles. The Hall–Kier alpha value is -2.83. The fraction of sp³-hybridized carbons (Fsp3) is 0.423. The Bertz CT molecular complexity index is 954. The molecule has 32 heavy (non-hydrogen) atoms. The van der Waals surface area contributed by atoms with Gasteiger partial charge in [0.05, 0.1) is 30.2 Å². The Morgan fingerprint density at radius 2 is 1.69 bits per heavy atom. The fourth-order valence-electron chi connectivity index (χ4n) is 3.73. The monoisotopic (exact) mass is 437 g/mol. The fourth-order valence-corrected chi connectivity index (χ4v) is 3.73. The van der Waals surface area contributed by atoms with Gasteiger partial charge in [-0.15, -0.1) is 0 Å². The van der Waals surface area contributed by atoms with Gasteiger partial charge in [0.15, 0.2) is 0 Å². The summed E-state index contributed by atoms with van der Waals surface area (Å²) in [4.78, 5) is 2.29. The van der Waals surface area contributed by atoms with Gasteiger partial charge in [0.1, 0.15) is 11.5 Å². The van der Waals surface area contributed by atoms with Crippen LogP contribution < -0.4 is 9.47 Å². The Kier molecular flexibility index (Phi) is 8.71. The molecular weight excluding hydrogens is 402 g/mol. The van der Waals surface area contributed by atoms with Crippen LogP contribution in [0.25, 0.3) is 5.69 Å². The Balaban J connectivity index is 2.04. The van der Waals surface area contributed by atoms with Crippen molar-refractivity contribution in [2.24, 2.45) is 0 Å². The summed E-state index contributed by atoms with van der Waals surface area (Å²) < 4.78 is 13.6. The lowest BCUT2D eigenvalue weighted by molar-refractivity contribution is 0.105. The van der Waals surface area contributed by atoms with Crippen molar-refractivity contribution >= 4 is 0 Å². The van der Waals surface area contributed by atoms with Crippen LogP contribution in [0.1, 0.15) is 44.9 Å². The molecule has 172 valence electrons. The summed E-state index contributed by atoms with van der Waals surface area (Å²) >= 11 is 0. The normalized spacial score (nSPS) is 12.2. The number of rotatable bonds is 12. The molecule has 0 aliphatic heterocycles. The average molecular weight is 438 g/mol. The lowest BCUT2D eigenvalue weighted by atomic mass is 10.1. The number of nitrogens with zero attached hydrogens (tertiary/aromatic N) is 3. The molecule has 0 aliphatic carbocycles. The van der Waals surface area contributed by atoms with E-state index in [0.29, 0.717) is 19.0 Å². The molecule has 0 fully saturated rings. The number of para-hydroxylation sites is 1. The SMILES string of the molecule is CCCN(Cc1c(CC)nn(-c2ccccc2)c1Oc1ccc(OC)cc1)C[C@@H](O)CC. The molecule has 1 N–H and O–H groups in total. The van der Waals surface area contributed by atoms with Crippen LogP contribution in [0.3, 0.4) is 0 Å². The van der Waals surface area contributed by atoms with Crippen molar-refractivity contribution in [3.8, 4) is 23.1 Å². The Morgan fingerprint density at radius 1 is 1.00 bits per heavy atom. The van der Waals surface area contributed by atoms with Crippen LogP contribution >= 0.6 is 0 Å². The number of methoxy groups -OCH3 is 1. The first-order valence-corrected chi connectivity index (χ1v) is 11.5. The van der Waals surface area contributed by atoms with E-state index in [1.165, 1.54) is 0 Å². The van der Waals surface area contributed by atoms with E-state index >= 15 is 0 Å². The summed E-state index contributed by atoms with van der Waals surface area (Å²) in [6, 6.07) is 17.6. The molecule has 0 amide bonds. The molecule has 1 heterocycles. The Labute approximate surface area is 191 Å². The third-order valence-electron chi connectivity index (χ3n) is 5.49. The molecule has 0 aliphatic rings. The summed E-state index contributed by atoms with van der Waals surface area (Å²) in [5.41, 5.74) is 3.01. The van der Waals surface area contributed by atoms with Crippen molar-refractivity contribution in [2.45, 2.75) is 52.7 Å². The van der Waals surface area contributed by atoms with Crippen molar-refractivity contribution in [1.82, 2.24) is 14.7 Å². The van der Waals surface area contributed by atoms with E-state index in [1.807, 2.05) is 66.2 Å². The molecule has 0 bridgehead atoms. The molecule has 3 aromatic rings. The average Bonchev–Trinajstić information content (AvgIpc) is 3.17. The third-order valence-corrected chi connectivity index (χ3v) is 5.49. The van der Waals surface area contributed by atoms with E-state index in [1.54, 1.807) is 7.11 Å². The van der Waals surface area contributed by atoms with Gasteiger partial charge >= 0.3 is 0 Å². The number of aromatic nitrogens is 2. The first-order valence-electron chi connectivity index (χ1n) is 11.5. The van der Waals surface area contributed by atoms with Gasteiger partial charge in [-0.25, -0.2) is 4.68 Å². The molecular formula is C26H35N3O3. The van der Waals surface area contributed by atoms with E-state index in [-0.39, 0.29) is 6.10 Å². The van der Waals surface area contributed by atoms with E-state index in [9.17, 15) is 5.11 Å². The van der Waals surface area contributed by atoms with Gasteiger partial charge in [-0.1, -0.05) is 39.0 Å². The highest BCUT2D eigenvalue weighted by Crippen LogP contribution is 2.33. The molecule has 2 aromatic carbocycles. The maximum absolute atomic E-state index is 10.3. The molecule has 0 radical (unpaired) electrons. The predicted molar refractivity (Wildman–Crippen MR) is 128 cm³/mol. The van der Waals surface area contributed by atoms with E-state index in [4.69, 9.17) is 14.6 Å². The first-order chi connectivity index (χ1) is 15.6. The van der Waals surface area contributed by atoms with Gasteiger partial charge in [-0.3, -0.25) is 4.90 Å². The minimum absolute atomic E-state index is 0.346. The molecule has 6 nitrogen and oxygen atoms in total. The maximum Gasteiger partial charge on any atom is 0.227 e.